The van der Waals surface area contributed by atoms with Gasteiger partial charge in [0.25, 0.3) is 0 Å². The molecule has 0 aromatic carbocycles. The van der Waals surface area contributed by atoms with Crippen LogP contribution in [0.3, 0.4) is 0 Å². The van der Waals surface area contributed by atoms with Gasteiger partial charge in [0.1, 0.15) is 0 Å². The van der Waals surface area contributed by atoms with Crippen LogP contribution in [0.25, 0.3) is 0 Å². The standard InChI is InChI=1S/C27H42O2/c1-18(2)19(3)8-9-20(4)25-12-13-26-22(7-6-14-27(25,26)5)11-10-21-15-23(28)17-24(29)16-21/h8-11,19-20,23-26,28-29H,1,6-7,12-17H2,2-5H3/b9-8+,22-11+/t19-,20+,23+,24+,25+,26-,27+/m0/s1. The van der Waals surface area contributed by atoms with Crippen molar-refractivity contribution in [3.8, 4) is 0 Å². The summed E-state index contributed by atoms with van der Waals surface area (Å²) in [7, 11) is 0. The summed E-state index contributed by atoms with van der Waals surface area (Å²) in [5.41, 5.74) is 4.44. The molecule has 3 aliphatic carbocycles. The fourth-order valence-electron chi connectivity index (χ4n) is 6.31. The van der Waals surface area contributed by atoms with Gasteiger partial charge in [-0.3, -0.25) is 0 Å². The Morgan fingerprint density at radius 1 is 1.10 bits per heavy atom. The van der Waals surface area contributed by atoms with E-state index in [9.17, 15) is 10.2 Å². The van der Waals surface area contributed by atoms with E-state index in [1.54, 1.807) is 5.57 Å². The van der Waals surface area contributed by atoms with Crippen LogP contribution >= 0.6 is 0 Å². The molecule has 0 radical (unpaired) electrons. The van der Waals surface area contributed by atoms with Gasteiger partial charge in [0.2, 0.25) is 0 Å². The van der Waals surface area contributed by atoms with Crippen molar-refractivity contribution in [2.45, 2.75) is 91.3 Å². The Balaban J connectivity index is 1.73. The van der Waals surface area contributed by atoms with Crippen LogP contribution in [-0.2, 0) is 0 Å². The lowest BCUT2D eigenvalue weighted by Gasteiger charge is -2.44. The fraction of sp³-hybridized carbons (Fsp3) is 0.704. The third-order valence-electron chi connectivity index (χ3n) is 8.23. The van der Waals surface area contributed by atoms with Gasteiger partial charge < -0.3 is 10.2 Å². The molecule has 3 fully saturated rings. The second kappa shape index (κ2) is 9.35. The van der Waals surface area contributed by atoms with Crippen molar-refractivity contribution in [1.29, 1.82) is 0 Å². The Bertz CT molecular complexity index is 673. The predicted octanol–water partition coefficient (Wildman–Crippen LogP) is 6.37. The highest BCUT2D eigenvalue weighted by Crippen LogP contribution is 2.59. The summed E-state index contributed by atoms with van der Waals surface area (Å²) in [6, 6.07) is 0. The van der Waals surface area contributed by atoms with E-state index in [4.69, 9.17) is 0 Å². The second-order valence-corrected chi connectivity index (χ2v) is 10.5. The van der Waals surface area contributed by atoms with Crippen molar-refractivity contribution in [2.75, 3.05) is 0 Å². The number of hydrogen-bond acceptors (Lipinski definition) is 2. The van der Waals surface area contributed by atoms with E-state index in [0.29, 0.717) is 42.4 Å². The molecule has 2 N–H and O–H groups in total. The summed E-state index contributed by atoms with van der Waals surface area (Å²) < 4.78 is 0. The first-order valence-electron chi connectivity index (χ1n) is 11.8. The quantitative estimate of drug-likeness (QED) is 0.529. The molecule has 29 heavy (non-hydrogen) atoms. The summed E-state index contributed by atoms with van der Waals surface area (Å²) in [6.45, 7) is 13.4. The predicted molar refractivity (Wildman–Crippen MR) is 122 cm³/mol. The van der Waals surface area contributed by atoms with Crippen LogP contribution in [-0.4, -0.2) is 22.4 Å². The first kappa shape index (κ1) is 22.6. The maximum absolute atomic E-state index is 9.96. The van der Waals surface area contributed by atoms with Crippen LogP contribution in [0.4, 0.5) is 0 Å². The molecule has 0 heterocycles. The zero-order valence-electron chi connectivity index (χ0n) is 19.0. The highest BCUT2D eigenvalue weighted by atomic mass is 16.3. The van der Waals surface area contributed by atoms with Crippen LogP contribution in [0.2, 0.25) is 0 Å². The van der Waals surface area contributed by atoms with Gasteiger partial charge in [0.15, 0.2) is 0 Å². The van der Waals surface area contributed by atoms with Crippen molar-refractivity contribution in [2.24, 2.45) is 29.1 Å². The van der Waals surface area contributed by atoms with Crippen LogP contribution < -0.4 is 0 Å². The second-order valence-electron chi connectivity index (χ2n) is 10.5. The fourth-order valence-corrected chi connectivity index (χ4v) is 6.31. The highest BCUT2D eigenvalue weighted by Gasteiger charge is 2.50. The topological polar surface area (TPSA) is 40.5 Å². The van der Waals surface area contributed by atoms with Gasteiger partial charge in [-0.25, -0.2) is 0 Å². The van der Waals surface area contributed by atoms with E-state index in [0.717, 1.165) is 5.92 Å². The largest absolute Gasteiger partial charge is 0.393 e. The van der Waals surface area contributed by atoms with E-state index in [1.807, 2.05) is 0 Å². The smallest absolute Gasteiger partial charge is 0.0602 e. The highest BCUT2D eigenvalue weighted by molar-refractivity contribution is 5.26. The minimum Gasteiger partial charge on any atom is -0.393 e. The third kappa shape index (κ3) is 5.14. The van der Waals surface area contributed by atoms with Crippen molar-refractivity contribution < 1.29 is 10.2 Å². The molecule has 3 saturated carbocycles. The molecule has 0 spiro atoms. The number of hydrogen-bond donors (Lipinski definition) is 2. The molecule has 7 atom stereocenters. The zero-order chi connectivity index (χ0) is 21.2. The molecule has 0 aromatic rings. The van der Waals surface area contributed by atoms with E-state index >= 15 is 0 Å². The molecule has 0 unspecified atom stereocenters. The monoisotopic (exact) mass is 398 g/mol. The maximum atomic E-state index is 9.96. The zero-order valence-corrected chi connectivity index (χ0v) is 19.0. The summed E-state index contributed by atoms with van der Waals surface area (Å²) in [5.74, 6) is 2.49. The van der Waals surface area contributed by atoms with Crippen LogP contribution in [0.15, 0.2) is 47.6 Å². The van der Waals surface area contributed by atoms with E-state index in [1.165, 1.54) is 43.3 Å². The molecule has 2 heteroatoms. The Labute approximate surface area is 178 Å². The number of rotatable bonds is 5. The molecular weight excluding hydrogens is 356 g/mol. The molecule has 2 nitrogen and oxygen atoms in total. The van der Waals surface area contributed by atoms with Crippen molar-refractivity contribution in [3.05, 3.63) is 47.6 Å². The van der Waals surface area contributed by atoms with Gasteiger partial charge in [0, 0.05) is 0 Å². The maximum Gasteiger partial charge on any atom is 0.0602 e. The summed E-state index contributed by atoms with van der Waals surface area (Å²) in [5, 5.41) is 19.9. The lowest BCUT2D eigenvalue weighted by atomic mass is 9.61. The van der Waals surface area contributed by atoms with E-state index in [2.05, 4.69) is 58.6 Å². The first-order chi connectivity index (χ1) is 13.7. The first-order valence-corrected chi connectivity index (χ1v) is 11.8. The van der Waals surface area contributed by atoms with Gasteiger partial charge in [0.05, 0.1) is 12.2 Å². The van der Waals surface area contributed by atoms with Crippen LogP contribution in [0.1, 0.15) is 79.1 Å². The molecular formula is C27H42O2. The van der Waals surface area contributed by atoms with Crippen molar-refractivity contribution in [3.63, 3.8) is 0 Å². The lowest BCUT2D eigenvalue weighted by molar-refractivity contribution is 0.0609. The Hall–Kier alpha value is -1.12. The molecule has 0 aliphatic heterocycles. The van der Waals surface area contributed by atoms with Crippen LogP contribution in [0.5, 0.6) is 0 Å². The molecule has 0 aromatic heterocycles. The average molecular weight is 399 g/mol. The molecule has 0 amide bonds. The summed E-state index contributed by atoms with van der Waals surface area (Å²) in [4.78, 5) is 0. The molecule has 162 valence electrons. The molecule has 0 bridgehead atoms. The van der Waals surface area contributed by atoms with E-state index in [-0.39, 0.29) is 12.2 Å². The number of aliphatic hydroxyl groups is 2. The van der Waals surface area contributed by atoms with Gasteiger partial charge in [-0.15, -0.1) is 0 Å². The van der Waals surface area contributed by atoms with Gasteiger partial charge in [-0.2, -0.15) is 0 Å². The normalized spacial score (nSPS) is 38.8. The minimum absolute atomic E-state index is 0.384. The van der Waals surface area contributed by atoms with E-state index < -0.39 is 0 Å². The van der Waals surface area contributed by atoms with Gasteiger partial charge in [-0.1, -0.05) is 68.4 Å². The molecule has 3 aliphatic rings. The molecule has 3 rings (SSSR count). The summed E-state index contributed by atoms with van der Waals surface area (Å²) >= 11 is 0. The number of fused-ring (bicyclic) bond motifs is 1. The Morgan fingerprint density at radius 2 is 1.79 bits per heavy atom. The SMILES string of the molecule is C=C(C)[C@@H](C)/C=C/[C@@H](C)[C@H]1CC[C@H]2/C(=C/C=C3C[C@@H](O)C[C@H](O)C3)CCC[C@]12C. The summed E-state index contributed by atoms with van der Waals surface area (Å²) in [6.07, 6.45) is 17.0. The number of allylic oxidation sites excluding steroid dienone is 6. The minimum atomic E-state index is -0.384. The van der Waals surface area contributed by atoms with Gasteiger partial charge in [-0.05, 0) is 87.4 Å². The van der Waals surface area contributed by atoms with Crippen LogP contribution in [0, 0.1) is 29.1 Å². The average Bonchev–Trinajstić information content (AvgIpc) is 3.00. The lowest BCUT2D eigenvalue weighted by Crippen LogP contribution is -2.35. The van der Waals surface area contributed by atoms with Crippen molar-refractivity contribution in [1.82, 2.24) is 0 Å². The molecule has 0 saturated heterocycles. The van der Waals surface area contributed by atoms with Crippen molar-refractivity contribution >= 4 is 0 Å². The van der Waals surface area contributed by atoms with Gasteiger partial charge >= 0.3 is 0 Å². The third-order valence-corrected chi connectivity index (χ3v) is 8.23. The number of aliphatic hydroxyl groups excluding tert-OH is 2. The Kier molecular flexibility index (Phi) is 7.27. The Morgan fingerprint density at radius 3 is 2.45 bits per heavy atom.